The normalized spacial score (nSPS) is 18.3. The summed E-state index contributed by atoms with van der Waals surface area (Å²) in [5.41, 5.74) is -0.526. The number of alkyl halides is 3. The fraction of sp³-hybridized carbons (Fsp3) is 0.650. The zero-order valence-electron chi connectivity index (χ0n) is 17.6. The lowest BCUT2D eigenvalue weighted by atomic mass is 10.2. The standard InChI is InChI=1S/C20H28BrF3N2O4/c1-14-13-25(9-10-26(14)18(27)30-19(2,3)4)8-5-11-28-17-12-15(6-7-16(17)21)29-20(22,23)24/h6-7,12,14H,5,8-11,13H2,1-4H3/t14-/m1/s1. The van der Waals surface area contributed by atoms with Crippen LogP contribution in [0.1, 0.15) is 34.1 Å². The minimum Gasteiger partial charge on any atom is -0.492 e. The van der Waals surface area contributed by atoms with Crippen LogP contribution in [0.4, 0.5) is 18.0 Å². The number of carbonyl (C=O) groups is 1. The van der Waals surface area contributed by atoms with Crippen molar-refractivity contribution >= 4 is 22.0 Å². The van der Waals surface area contributed by atoms with Crippen molar-refractivity contribution in [3.8, 4) is 11.5 Å². The van der Waals surface area contributed by atoms with Crippen LogP contribution in [-0.4, -0.2) is 66.7 Å². The molecule has 30 heavy (non-hydrogen) atoms. The summed E-state index contributed by atoms with van der Waals surface area (Å²) in [4.78, 5) is 16.2. The molecular weight excluding hydrogens is 469 g/mol. The molecule has 1 amide bonds. The number of hydrogen-bond donors (Lipinski definition) is 0. The molecule has 0 spiro atoms. The van der Waals surface area contributed by atoms with E-state index >= 15 is 0 Å². The number of nitrogens with zero attached hydrogens (tertiary/aromatic N) is 2. The SMILES string of the molecule is C[C@@H]1CN(CCCOc2cc(OC(F)(F)F)ccc2Br)CCN1C(=O)OC(C)(C)C. The smallest absolute Gasteiger partial charge is 0.492 e. The van der Waals surface area contributed by atoms with Crippen molar-refractivity contribution in [1.29, 1.82) is 0 Å². The second kappa shape index (κ2) is 10.1. The molecule has 1 atom stereocenters. The highest BCUT2D eigenvalue weighted by atomic mass is 79.9. The van der Waals surface area contributed by atoms with Gasteiger partial charge in [-0.2, -0.15) is 0 Å². The Balaban J connectivity index is 1.77. The van der Waals surface area contributed by atoms with Gasteiger partial charge in [-0.1, -0.05) is 0 Å². The maximum Gasteiger partial charge on any atom is 0.573 e. The van der Waals surface area contributed by atoms with E-state index in [4.69, 9.17) is 9.47 Å². The number of halogens is 4. The molecule has 1 fully saturated rings. The van der Waals surface area contributed by atoms with Crippen LogP contribution >= 0.6 is 15.9 Å². The summed E-state index contributed by atoms with van der Waals surface area (Å²) in [6, 6.07) is 3.91. The van der Waals surface area contributed by atoms with Gasteiger partial charge in [0.2, 0.25) is 0 Å². The molecular formula is C20H28BrF3N2O4. The van der Waals surface area contributed by atoms with Crippen LogP contribution in [0.5, 0.6) is 11.5 Å². The molecule has 0 bridgehead atoms. The highest BCUT2D eigenvalue weighted by molar-refractivity contribution is 9.10. The first-order chi connectivity index (χ1) is 13.8. The van der Waals surface area contributed by atoms with Crippen LogP contribution in [0.3, 0.4) is 0 Å². The summed E-state index contributed by atoms with van der Waals surface area (Å²) in [7, 11) is 0. The number of benzene rings is 1. The van der Waals surface area contributed by atoms with Gasteiger partial charge in [0.1, 0.15) is 17.1 Å². The molecule has 0 saturated carbocycles. The van der Waals surface area contributed by atoms with Gasteiger partial charge in [-0.05, 0) is 62.2 Å². The third kappa shape index (κ3) is 8.22. The average Bonchev–Trinajstić information content (AvgIpc) is 2.58. The molecule has 6 nitrogen and oxygen atoms in total. The van der Waals surface area contributed by atoms with Crippen molar-refractivity contribution in [1.82, 2.24) is 9.80 Å². The van der Waals surface area contributed by atoms with Gasteiger partial charge in [0, 0.05) is 38.3 Å². The first kappa shape index (κ1) is 24.6. The maximum atomic E-state index is 12.4. The number of hydrogen-bond acceptors (Lipinski definition) is 5. The highest BCUT2D eigenvalue weighted by Gasteiger charge is 2.32. The quantitative estimate of drug-likeness (QED) is 0.515. The highest BCUT2D eigenvalue weighted by Crippen LogP contribution is 2.32. The Morgan fingerprint density at radius 3 is 2.53 bits per heavy atom. The van der Waals surface area contributed by atoms with E-state index in [-0.39, 0.29) is 17.9 Å². The molecule has 1 aromatic carbocycles. The van der Waals surface area contributed by atoms with E-state index in [1.165, 1.54) is 18.2 Å². The molecule has 1 heterocycles. The number of rotatable bonds is 6. The van der Waals surface area contributed by atoms with Crippen LogP contribution in [-0.2, 0) is 4.74 Å². The van der Waals surface area contributed by atoms with Crippen molar-refractivity contribution in [3.05, 3.63) is 22.7 Å². The van der Waals surface area contributed by atoms with Crippen LogP contribution in [0.25, 0.3) is 0 Å². The molecule has 0 aromatic heterocycles. The zero-order valence-corrected chi connectivity index (χ0v) is 19.2. The summed E-state index contributed by atoms with van der Waals surface area (Å²) in [5.74, 6) is -0.0346. The lowest BCUT2D eigenvalue weighted by Gasteiger charge is -2.40. The van der Waals surface area contributed by atoms with Gasteiger partial charge in [0.25, 0.3) is 0 Å². The van der Waals surface area contributed by atoms with Crippen molar-refractivity contribution in [3.63, 3.8) is 0 Å². The van der Waals surface area contributed by atoms with Gasteiger partial charge in [0.05, 0.1) is 11.1 Å². The van der Waals surface area contributed by atoms with Crippen molar-refractivity contribution in [2.24, 2.45) is 0 Å². The lowest BCUT2D eigenvalue weighted by Crippen LogP contribution is -2.55. The fourth-order valence-corrected chi connectivity index (χ4v) is 3.45. The minimum absolute atomic E-state index is 0.0276. The molecule has 0 unspecified atom stereocenters. The van der Waals surface area contributed by atoms with Gasteiger partial charge in [-0.25, -0.2) is 4.79 Å². The van der Waals surface area contributed by atoms with Crippen molar-refractivity contribution in [2.75, 3.05) is 32.8 Å². The summed E-state index contributed by atoms with van der Waals surface area (Å²) >= 11 is 3.27. The van der Waals surface area contributed by atoms with Crippen LogP contribution in [0.15, 0.2) is 22.7 Å². The fourth-order valence-electron chi connectivity index (χ4n) is 3.09. The predicted octanol–water partition coefficient (Wildman–Crippen LogP) is 5.06. The third-order valence-electron chi connectivity index (χ3n) is 4.35. The van der Waals surface area contributed by atoms with Crippen molar-refractivity contribution in [2.45, 2.75) is 52.1 Å². The van der Waals surface area contributed by atoms with E-state index in [2.05, 4.69) is 25.6 Å². The summed E-state index contributed by atoms with van der Waals surface area (Å²) in [6.07, 6.45) is -4.36. The Hall–Kier alpha value is -1.68. The number of ether oxygens (including phenoxy) is 3. The van der Waals surface area contributed by atoms with Crippen LogP contribution in [0.2, 0.25) is 0 Å². The second-order valence-electron chi connectivity index (χ2n) is 8.17. The molecule has 1 saturated heterocycles. The first-order valence-corrected chi connectivity index (χ1v) is 10.5. The topological polar surface area (TPSA) is 51.2 Å². The first-order valence-electron chi connectivity index (χ1n) is 9.74. The predicted molar refractivity (Wildman–Crippen MR) is 110 cm³/mol. The number of carbonyl (C=O) groups excluding carboxylic acids is 1. The minimum atomic E-state index is -4.75. The number of amides is 1. The summed E-state index contributed by atoms with van der Waals surface area (Å²) in [5, 5.41) is 0. The molecule has 2 rings (SSSR count). The van der Waals surface area contributed by atoms with E-state index in [1.54, 1.807) is 4.90 Å². The Labute approximate surface area is 183 Å². The van der Waals surface area contributed by atoms with Gasteiger partial charge in [-0.3, -0.25) is 4.90 Å². The van der Waals surface area contributed by atoms with Gasteiger partial charge in [0.15, 0.2) is 0 Å². The molecule has 10 heteroatoms. The third-order valence-corrected chi connectivity index (χ3v) is 5.01. The Morgan fingerprint density at radius 1 is 1.23 bits per heavy atom. The summed E-state index contributed by atoms with van der Waals surface area (Å²) in [6.45, 7) is 10.6. The van der Waals surface area contributed by atoms with Crippen LogP contribution < -0.4 is 9.47 Å². The zero-order chi connectivity index (χ0) is 22.5. The Bertz CT molecular complexity index is 725. The van der Waals surface area contributed by atoms with Gasteiger partial charge < -0.3 is 19.1 Å². The van der Waals surface area contributed by atoms with E-state index in [1.807, 2.05) is 27.7 Å². The molecule has 0 radical (unpaired) electrons. The molecule has 170 valence electrons. The molecule has 1 aromatic rings. The van der Waals surface area contributed by atoms with E-state index in [9.17, 15) is 18.0 Å². The average molecular weight is 497 g/mol. The maximum absolute atomic E-state index is 12.4. The molecule has 0 aliphatic carbocycles. The van der Waals surface area contributed by atoms with Crippen LogP contribution in [0, 0.1) is 0 Å². The molecule has 1 aliphatic rings. The summed E-state index contributed by atoms with van der Waals surface area (Å²) < 4.78 is 52.6. The van der Waals surface area contributed by atoms with E-state index in [0.29, 0.717) is 29.8 Å². The molecule has 0 N–H and O–H groups in total. The Morgan fingerprint density at radius 2 is 1.93 bits per heavy atom. The Kier molecular flexibility index (Phi) is 8.27. The second-order valence-corrected chi connectivity index (χ2v) is 9.02. The van der Waals surface area contributed by atoms with Gasteiger partial charge >= 0.3 is 12.5 Å². The van der Waals surface area contributed by atoms with Gasteiger partial charge in [-0.15, -0.1) is 13.2 Å². The van der Waals surface area contributed by atoms with E-state index in [0.717, 1.165) is 19.6 Å². The largest absolute Gasteiger partial charge is 0.573 e. The number of piperazine rings is 1. The molecule has 1 aliphatic heterocycles. The van der Waals surface area contributed by atoms with Crippen molar-refractivity contribution < 1.29 is 32.2 Å². The lowest BCUT2D eigenvalue weighted by molar-refractivity contribution is -0.274. The van der Waals surface area contributed by atoms with E-state index < -0.39 is 12.0 Å². The monoisotopic (exact) mass is 496 g/mol.